The number of hydrogen-bond donors (Lipinski definition) is 2. The summed E-state index contributed by atoms with van der Waals surface area (Å²) in [5, 5.41) is 0. The third-order valence-corrected chi connectivity index (χ3v) is 6.06. The maximum absolute atomic E-state index is 12.4. The Morgan fingerprint density at radius 2 is 2.14 bits per heavy atom. The lowest BCUT2D eigenvalue weighted by Gasteiger charge is -2.16. The number of nitrogen functional groups attached to an aromatic ring is 1. The molecule has 0 aliphatic rings. The zero-order chi connectivity index (χ0) is 16.0. The quantitative estimate of drug-likeness (QED) is 0.521. The second kappa shape index (κ2) is 8.26. The van der Waals surface area contributed by atoms with Crippen LogP contribution in [0.4, 0.5) is 5.69 Å². The van der Waals surface area contributed by atoms with Crippen molar-refractivity contribution in [3.05, 3.63) is 16.6 Å². The third-order valence-electron chi connectivity index (χ3n) is 2.83. The Morgan fingerprint density at radius 1 is 1.48 bits per heavy atom. The zero-order valence-corrected chi connectivity index (χ0v) is 15.6. The molecule has 1 atom stereocenters. The van der Waals surface area contributed by atoms with Crippen LogP contribution in [0, 0.1) is 0 Å². The van der Waals surface area contributed by atoms with Crippen LogP contribution in [-0.2, 0) is 10.0 Å². The van der Waals surface area contributed by atoms with Gasteiger partial charge in [-0.3, -0.25) is 0 Å². The highest BCUT2D eigenvalue weighted by molar-refractivity contribution is 9.10. The molecule has 1 aromatic carbocycles. The van der Waals surface area contributed by atoms with Crippen LogP contribution in [0.5, 0.6) is 5.75 Å². The number of nitrogens with one attached hydrogen (secondary N) is 1. The van der Waals surface area contributed by atoms with Crippen LogP contribution in [-0.4, -0.2) is 33.1 Å². The van der Waals surface area contributed by atoms with Gasteiger partial charge in [0.25, 0.3) is 0 Å². The van der Waals surface area contributed by atoms with Gasteiger partial charge < -0.3 is 10.5 Å². The highest BCUT2D eigenvalue weighted by Gasteiger charge is 2.23. The van der Waals surface area contributed by atoms with E-state index in [9.17, 15) is 8.42 Å². The Bertz CT molecular complexity index is 579. The molecular formula is C13H21BrN2O3S2. The van der Waals surface area contributed by atoms with Crippen LogP contribution < -0.4 is 15.2 Å². The monoisotopic (exact) mass is 396 g/mol. The second-order valence-electron chi connectivity index (χ2n) is 4.53. The molecule has 0 saturated heterocycles. The Labute approximate surface area is 139 Å². The van der Waals surface area contributed by atoms with Gasteiger partial charge in [0.2, 0.25) is 10.0 Å². The Hall–Kier alpha value is -0.440. The van der Waals surface area contributed by atoms with Crippen molar-refractivity contribution in [3.8, 4) is 5.75 Å². The van der Waals surface area contributed by atoms with Crippen LogP contribution in [0.1, 0.15) is 20.3 Å². The molecule has 5 nitrogen and oxygen atoms in total. The first kappa shape index (κ1) is 18.6. The van der Waals surface area contributed by atoms with Gasteiger partial charge >= 0.3 is 0 Å². The second-order valence-corrected chi connectivity index (χ2v) is 8.46. The highest BCUT2D eigenvalue weighted by atomic mass is 79.9. The fourth-order valence-electron chi connectivity index (χ4n) is 1.71. The van der Waals surface area contributed by atoms with E-state index >= 15 is 0 Å². The topological polar surface area (TPSA) is 81.4 Å². The molecule has 0 aromatic heterocycles. The fraction of sp³-hybridized carbons (Fsp3) is 0.538. The van der Waals surface area contributed by atoms with Crippen molar-refractivity contribution in [1.29, 1.82) is 0 Å². The average Bonchev–Trinajstić information content (AvgIpc) is 2.41. The molecule has 0 saturated carbocycles. The van der Waals surface area contributed by atoms with Crippen molar-refractivity contribution >= 4 is 43.4 Å². The van der Waals surface area contributed by atoms with Gasteiger partial charge in [-0.25, -0.2) is 13.1 Å². The van der Waals surface area contributed by atoms with E-state index in [0.29, 0.717) is 10.2 Å². The molecule has 0 aliphatic carbocycles. The van der Waals surface area contributed by atoms with E-state index in [1.54, 1.807) is 17.8 Å². The van der Waals surface area contributed by atoms with Gasteiger partial charge in [-0.15, -0.1) is 0 Å². The standard InChI is InChI=1S/C13H21BrN2O3S2/c1-4-20-6-5-9(2)16-21(17,18)13-8-11(15)10(14)7-12(13)19-3/h7-9,16H,4-6,15H2,1-3H3. The molecule has 0 fully saturated rings. The molecule has 0 radical (unpaired) electrons. The molecular weight excluding hydrogens is 376 g/mol. The van der Waals surface area contributed by atoms with Gasteiger partial charge in [0, 0.05) is 16.2 Å². The molecule has 3 N–H and O–H groups in total. The van der Waals surface area contributed by atoms with Crippen molar-refractivity contribution in [3.63, 3.8) is 0 Å². The summed E-state index contributed by atoms with van der Waals surface area (Å²) in [5.41, 5.74) is 6.12. The van der Waals surface area contributed by atoms with E-state index in [1.807, 2.05) is 6.92 Å². The van der Waals surface area contributed by atoms with Crippen molar-refractivity contribution in [2.75, 3.05) is 24.3 Å². The number of hydrogen-bond acceptors (Lipinski definition) is 5. The smallest absolute Gasteiger partial charge is 0.244 e. The molecule has 0 amide bonds. The van der Waals surface area contributed by atoms with E-state index in [0.717, 1.165) is 17.9 Å². The third kappa shape index (κ3) is 5.36. The molecule has 8 heteroatoms. The first-order valence-corrected chi connectivity index (χ1v) is 9.98. The predicted octanol–water partition coefficient (Wildman–Crippen LogP) is 2.85. The van der Waals surface area contributed by atoms with Crippen LogP contribution in [0.3, 0.4) is 0 Å². The summed E-state index contributed by atoms with van der Waals surface area (Å²) in [4.78, 5) is 0.0562. The molecule has 0 spiro atoms. The number of methoxy groups -OCH3 is 1. The minimum absolute atomic E-state index is 0.0562. The van der Waals surface area contributed by atoms with E-state index in [4.69, 9.17) is 10.5 Å². The maximum Gasteiger partial charge on any atom is 0.244 e. The number of nitrogens with two attached hydrogens (primary N) is 1. The largest absolute Gasteiger partial charge is 0.495 e. The van der Waals surface area contributed by atoms with Crippen molar-refractivity contribution in [2.24, 2.45) is 0 Å². The molecule has 0 heterocycles. The van der Waals surface area contributed by atoms with Crippen LogP contribution in [0.2, 0.25) is 0 Å². The molecule has 1 unspecified atom stereocenters. The summed E-state index contributed by atoms with van der Waals surface area (Å²) in [5.74, 6) is 2.20. The average molecular weight is 397 g/mol. The minimum atomic E-state index is -3.66. The number of thioether (sulfide) groups is 1. The fourth-order valence-corrected chi connectivity index (χ4v) is 4.31. The van der Waals surface area contributed by atoms with E-state index in [1.165, 1.54) is 13.2 Å². The van der Waals surface area contributed by atoms with Crippen molar-refractivity contribution < 1.29 is 13.2 Å². The summed E-state index contributed by atoms with van der Waals surface area (Å²) in [7, 11) is -2.23. The Morgan fingerprint density at radius 3 is 2.71 bits per heavy atom. The first-order chi connectivity index (χ1) is 9.81. The van der Waals surface area contributed by atoms with E-state index in [2.05, 4.69) is 27.6 Å². The predicted molar refractivity (Wildman–Crippen MR) is 92.5 cm³/mol. The van der Waals surface area contributed by atoms with Crippen LogP contribution >= 0.6 is 27.7 Å². The normalized spacial score (nSPS) is 13.1. The first-order valence-electron chi connectivity index (χ1n) is 6.55. The number of halogens is 1. The van der Waals surface area contributed by atoms with Crippen molar-refractivity contribution in [1.82, 2.24) is 4.72 Å². The molecule has 1 rings (SSSR count). The van der Waals surface area contributed by atoms with Gasteiger partial charge in [0.15, 0.2) is 0 Å². The van der Waals surface area contributed by atoms with Crippen LogP contribution in [0.15, 0.2) is 21.5 Å². The van der Waals surface area contributed by atoms with Crippen LogP contribution in [0.25, 0.3) is 0 Å². The lowest BCUT2D eigenvalue weighted by atomic mass is 10.3. The number of anilines is 1. The van der Waals surface area contributed by atoms with Gasteiger partial charge in [-0.1, -0.05) is 6.92 Å². The summed E-state index contributed by atoms with van der Waals surface area (Å²) in [6.45, 7) is 3.93. The summed E-state index contributed by atoms with van der Waals surface area (Å²) >= 11 is 5.04. The molecule has 120 valence electrons. The molecule has 1 aromatic rings. The Balaban J connectivity index is 2.95. The van der Waals surface area contributed by atoms with Crippen molar-refractivity contribution in [2.45, 2.75) is 31.2 Å². The maximum atomic E-state index is 12.4. The van der Waals surface area contributed by atoms with Gasteiger partial charge in [-0.05, 0) is 52.9 Å². The molecule has 0 bridgehead atoms. The Kier molecular flexibility index (Phi) is 7.32. The van der Waals surface area contributed by atoms with Gasteiger partial charge in [-0.2, -0.15) is 11.8 Å². The summed E-state index contributed by atoms with van der Waals surface area (Å²) in [6, 6.07) is 2.81. The molecule has 0 aliphatic heterocycles. The molecule has 21 heavy (non-hydrogen) atoms. The number of ether oxygens (including phenoxy) is 1. The SMILES string of the molecule is CCSCCC(C)NS(=O)(=O)c1cc(N)c(Br)cc1OC. The number of sulfonamides is 1. The van der Waals surface area contributed by atoms with Gasteiger partial charge in [0.1, 0.15) is 10.6 Å². The summed E-state index contributed by atoms with van der Waals surface area (Å²) < 4.78 is 33.3. The lowest BCUT2D eigenvalue weighted by Crippen LogP contribution is -2.33. The summed E-state index contributed by atoms with van der Waals surface area (Å²) in [6.07, 6.45) is 0.770. The number of rotatable bonds is 8. The minimum Gasteiger partial charge on any atom is -0.495 e. The van der Waals surface area contributed by atoms with Gasteiger partial charge in [0.05, 0.1) is 7.11 Å². The zero-order valence-electron chi connectivity index (χ0n) is 12.3. The lowest BCUT2D eigenvalue weighted by molar-refractivity contribution is 0.402. The number of benzene rings is 1. The van der Waals surface area contributed by atoms with E-state index < -0.39 is 10.0 Å². The van der Waals surface area contributed by atoms with E-state index in [-0.39, 0.29) is 16.7 Å². The highest BCUT2D eigenvalue weighted by Crippen LogP contribution is 2.32.